The number of rotatable bonds is 6. The van der Waals surface area contributed by atoms with Crippen LogP contribution in [0, 0.1) is 13.8 Å². The molecule has 1 unspecified atom stereocenters. The fraction of sp³-hybridized carbons (Fsp3) is 0.267. The number of aromatic amines is 1. The molecular weight excluding hydrogens is 538 g/mol. The van der Waals surface area contributed by atoms with Crippen LogP contribution in [0.3, 0.4) is 0 Å². The maximum Gasteiger partial charge on any atom is 0.281 e. The molecule has 1 saturated heterocycles. The Balaban J connectivity index is 1.24. The number of hydrogen-bond acceptors (Lipinski definition) is 7. The highest BCUT2D eigenvalue weighted by Crippen LogP contribution is 2.25. The second-order valence-electron chi connectivity index (χ2n) is 10.4. The number of aromatic nitrogens is 4. The van der Waals surface area contributed by atoms with Gasteiger partial charge >= 0.3 is 0 Å². The molecule has 1 aliphatic rings. The van der Waals surface area contributed by atoms with E-state index in [2.05, 4.69) is 30.4 Å². The van der Waals surface area contributed by atoms with Crippen LogP contribution in [0.25, 0.3) is 16.6 Å². The Morgan fingerprint density at radius 1 is 1.00 bits per heavy atom. The van der Waals surface area contributed by atoms with Gasteiger partial charge in [0.2, 0.25) is 5.91 Å². The van der Waals surface area contributed by atoms with Crippen molar-refractivity contribution >= 4 is 44.6 Å². The standard InChI is InChI=1S/C30H31N7O3S/c1-20-9-12-26(21(2)17-20)41(40)30-28-32-29(39)24-11-10-23(18-25(24)37(28)34-33-30)36-14-6-13-35(15-16-36)19-27(38)31-22-7-4-3-5-8-22/h3-5,7-12,17-18,34H,6,13-16,19H2,1-2H3,(H,31,38). The van der Waals surface area contributed by atoms with E-state index in [0.29, 0.717) is 22.3 Å². The molecule has 3 aromatic carbocycles. The number of nitrogens with one attached hydrogen (secondary N) is 2. The minimum absolute atomic E-state index is 0.0297. The van der Waals surface area contributed by atoms with Crippen LogP contribution < -0.4 is 15.8 Å². The van der Waals surface area contributed by atoms with Gasteiger partial charge in [0.25, 0.3) is 5.56 Å². The first kappa shape index (κ1) is 26.9. The third-order valence-electron chi connectivity index (χ3n) is 7.40. The zero-order valence-electron chi connectivity index (χ0n) is 23.0. The number of hydrogen-bond donors (Lipinski definition) is 2. The normalized spacial score (nSPS) is 15.2. The van der Waals surface area contributed by atoms with E-state index >= 15 is 0 Å². The number of para-hydroxylation sites is 1. The van der Waals surface area contributed by atoms with Gasteiger partial charge in [-0.15, -0.1) is 5.10 Å². The van der Waals surface area contributed by atoms with Crippen LogP contribution in [0.4, 0.5) is 11.4 Å². The summed E-state index contributed by atoms with van der Waals surface area (Å²) >= 11 is 0. The lowest BCUT2D eigenvalue weighted by Gasteiger charge is -2.24. The van der Waals surface area contributed by atoms with E-state index in [4.69, 9.17) is 0 Å². The summed E-state index contributed by atoms with van der Waals surface area (Å²) in [7, 11) is -1.61. The third kappa shape index (κ3) is 5.50. The van der Waals surface area contributed by atoms with Gasteiger partial charge in [-0.3, -0.25) is 14.5 Å². The minimum atomic E-state index is -1.61. The summed E-state index contributed by atoms with van der Waals surface area (Å²) in [4.78, 5) is 34.9. The van der Waals surface area contributed by atoms with Crippen LogP contribution in [0.5, 0.6) is 0 Å². The summed E-state index contributed by atoms with van der Waals surface area (Å²) in [5.41, 5.74) is 4.21. The van der Waals surface area contributed by atoms with Crippen molar-refractivity contribution in [2.45, 2.75) is 30.2 Å². The van der Waals surface area contributed by atoms with Crippen molar-refractivity contribution in [3.63, 3.8) is 0 Å². The molecule has 1 amide bonds. The summed E-state index contributed by atoms with van der Waals surface area (Å²) < 4.78 is 15.1. The van der Waals surface area contributed by atoms with Gasteiger partial charge in [0.1, 0.15) is 10.8 Å². The number of benzene rings is 3. The van der Waals surface area contributed by atoms with Gasteiger partial charge in [0, 0.05) is 42.4 Å². The van der Waals surface area contributed by atoms with Crippen molar-refractivity contribution in [3.8, 4) is 0 Å². The first-order valence-electron chi connectivity index (χ1n) is 13.6. The molecule has 5 aromatic rings. The molecule has 6 rings (SSSR count). The highest BCUT2D eigenvalue weighted by Gasteiger charge is 2.22. The number of H-pyrrole nitrogens is 1. The van der Waals surface area contributed by atoms with Crippen LogP contribution in [0.1, 0.15) is 17.5 Å². The number of carbonyl (C=O) groups is 1. The summed E-state index contributed by atoms with van der Waals surface area (Å²) in [6, 6.07) is 20.8. The zero-order valence-corrected chi connectivity index (χ0v) is 23.8. The number of aryl methyl sites for hydroxylation is 2. The average molecular weight is 570 g/mol. The molecule has 0 spiro atoms. The lowest BCUT2D eigenvalue weighted by molar-refractivity contribution is -0.117. The summed E-state index contributed by atoms with van der Waals surface area (Å²) in [5.74, 6) is -0.0297. The van der Waals surface area contributed by atoms with Crippen molar-refractivity contribution in [2.75, 3.05) is 42.9 Å². The predicted molar refractivity (Wildman–Crippen MR) is 160 cm³/mol. The molecule has 41 heavy (non-hydrogen) atoms. The highest BCUT2D eigenvalue weighted by atomic mass is 32.2. The second kappa shape index (κ2) is 11.3. The lowest BCUT2D eigenvalue weighted by atomic mass is 10.2. The smallest absolute Gasteiger partial charge is 0.281 e. The van der Waals surface area contributed by atoms with E-state index in [-0.39, 0.29) is 16.6 Å². The van der Waals surface area contributed by atoms with Gasteiger partial charge in [0.15, 0.2) is 10.7 Å². The summed E-state index contributed by atoms with van der Waals surface area (Å²) in [6.07, 6.45) is 0.894. The van der Waals surface area contributed by atoms with E-state index in [1.165, 1.54) is 0 Å². The van der Waals surface area contributed by atoms with Gasteiger partial charge in [0.05, 0.1) is 17.4 Å². The monoisotopic (exact) mass is 569 g/mol. The fourth-order valence-corrected chi connectivity index (χ4v) is 6.52. The fourth-order valence-electron chi connectivity index (χ4n) is 5.34. The van der Waals surface area contributed by atoms with Crippen LogP contribution >= 0.6 is 0 Å². The molecule has 0 radical (unpaired) electrons. The first-order valence-corrected chi connectivity index (χ1v) is 14.7. The van der Waals surface area contributed by atoms with E-state index in [0.717, 1.165) is 55.1 Å². The largest absolute Gasteiger partial charge is 0.370 e. The maximum absolute atomic E-state index is 13.5. The number of fused-ring (bicyclic) bond motifs is 3. The van der Waals surface area contributed by atoms with Gasteiger partial charge in [-0.25, -0.2) is 13.9 Å². The van der Waals surface area contributed by atoms with E-state index in [9.17, 15) is 13.8 Å². The molecule has 0 aliphatic carbocycles. The van der Waals surface area contributed by atoms with Crippen LogP contribution in [-0.4, -0.2) is 67.6 Å². The number of nitrogens with zero attached hydrogens (tertiary/aromatic N) is 5. The molecule has 0 bridgehead atoms. The Morgan fingerprint density at radius 2 is 1.83 bits per heavy atom. The summed E-state index contributed by atoms with van der Waals surface area (Å²) in [6.45, 7) is 7.32. The number of carbonyl (C=O) groups excluding carboxylic acids is 1. The Labute approximate surface area is 239 Å². The van der Waals surface area contributed by atoms with Crippen molar-refractivity contribution in [1.29, 1.82) is 0 Å². The van der Waals surface area contributed by atoms with Gasteiger partial charge in [-0.2, -0.15) is 4.98 Å². The molecule has 0 saturated carbocycles. The molecular formula is C30H31N7O3S. The highest BCUT2D eigenvalue weighted by molar-refractivity contribution is 7.85. The van der Waals surface area contributed by atoms with Crippen molar-refractivity contribution < 1.29 is 9.00 Å². The van der Waals surface area contributed by atoms with E-state index in [1.54, 1.807) is 10.6 Å². The Kier molecular flexibility index (Phi) is 7.38. The third-order valence-corrected chi connectivity index (χ3v) is 8.88. The van der Waals surface area contributed by atoms with Crippen molar-refractivity contribution in [1.82, 2.24) is 24.7 Å². The number of anilines is 2. The molecule has 1 atom stereocenters. The van der Waals surface area contributed by atoms with Crippen LogP contribution in [-0.2, 0) is 15.6 Å². The Bertz CT molecular complexity index is 1830. The molecule has 1 fully saturated rings. The molecule has 3 heterocycles. The van der Waals surface area contributed by atoms with Gasteiger partial charge < -0.3 is 10.2 Å². The maximum atomic E-state index is 13.5. The number of amides is 1. The molecule has 10 nitrogen and oxygen atoms in total. The van der Waals surface area contributed by atoms with Crippen LogP contribution in [0.2, 0.25) is 0 Å². The second-order valence-corrected chi connectivity index (χ2v) is 11.7. The summed E-state index contributed by atoms with van der Waals surface area (Å²) in [5, 5.41) is 10.9. The molecule has 210 valence electrons. The van der Waals surface area contributed by atoms with Gasteiger partial charge in [-0.1, -0.05) is 35.9 Å². The molecule has 2 N–H and O–H groups in total. The Hall–Kier alpha value is -4.35. The molecule has 2 aromatic heterocycles. The zero-order chi connectivity index (χ0) is 28.5. The predicted octanol–water partition coefficient (Wildman–Crippen LogP) is 3.51. The average Bonchev–Trinajstić information content (AvgIpc) is 3.24. The van der Waals surface area contributed by atoms with E-state index < -0.39 is 16.4 Å². The molecule has 1 aliphatic heterocycles. The van der Waals surface area contributed by atoms with Crippen molar-refractivity contribution in [2.24, 2.45) is 0 Å². The minimum Gasteiger partial charge on any atom is -0.370 e. The molecule has 11 heteroatoms. The Morgan fingerprint density at radius 3 is 2.63 bits per heavy atom. The van der Waals surface area contributed by atoms with Gasteiger partial charge in [-0.05, 0) is 62.2 Å². The van der Waals surface area contributed by atoms with E-state index in [1.807, 2.05) is 74.5 Å². The van der Waals surface area contributed by atoms with Crippen molar-refractivity contribution in [3.05, 3.63) is 88.2 Å². The van der Waals surface area contributed by atoms with Crippen LogP contribution in [0.15, 0.2) is 81.4 Å². The first-order chi connectivity index (χ1) is 19.9. The SMILES string of the molecule is Cc1ccc(S(=O)c2n[nH]n3c2nc(=O)c2ccc(N4CCCN(CC(=O)Nc5ccccc5)CC4)cc23)c(C)c1. The lowest BCUT2D eigenvalue weighted by Crippen LogP contribution is -2.36. The quantitative estimate of drug-likeness (QED) is 0.322. The topological polar surface area (TPSA) is 116 Å².